The normalized spacial score (nSPS) is 48.0. The summed E-state index contributed by atoms with van der Waals surface area (Å²) in [6, 6.07) is 0. The summed E-state index contributed by atoms with van der Waals surface area (Å²) in [6.07, 6.45) is 4.34. The molecule has 2 fully saturated rings. The zero-order valence-electron chi connectivity index (χ0n) is 7.44. The van der Waals surface area contributed by atoms with Crippen LogP contribution in [0.1, 0.15) is 33.1 Å². The Morgan fingerprint density at radius 3 is 2.18 bits per heavy atom. The lowest BCUT2D eigenvalue weighted by Gasteiger charge is -2.32. The van der Waals surface area contributed by atoms with Crippen LogP contribution in [0.4, 0.5) is 0 Å². The predicted molar refractivity (Wildman–Crippen MR) is 48.8 cm³/mol. The minimum atomic E-state index is 0.523. The summed E-state index contributed by atoms with van der Waals surface area (Å²) in [5.41, 5.74) is 0.523. The molecule has 0 saturated heterocycles. The van der Waals surface area contributed by atoms with Crippen molar-refractivity contribution in [3.8, 4) is 0 Å². The molecule has 64 valence electrons. The van der Waals surface area contributed by atoms with Crippen molar-refractivity contribution in [1.29, 1.82) is 0 Å². The highest BCUT2D eigenvalue weighted by Gasteiger charge is 2.54. The Labute approximate surface area is 74.3 Å². The van der Waals surface area contributed by atoms with E-state index in [-0.39, 0.29) is 0 Å². The van der Waals surface area contributed by atoms with Gasteiger partial charge in [-0.25, -0.2) is 0 Å². The van der Waals surface area contributed by atoms with Gasteiger partial charge < -0.3 is 0 Å². The molecule has 0 radical (unpaired) electrons. The van der Waals surface area contributed by atoms with Gasteiger partial charge in [0.15, 0.2) is 0 Å². The fourth-order valence-electron chi connectivity index (χ4n) is 2.67. The first-order valence-electron chi connectivity index (χ1n) is 4.74. The van der Waals surface area contributed by atoms with Gasteiger partial charge in [-0.2, -0.15) is 0 Å². The summed E-state index contributed by atoms with van der Waals surface area (Å²) in [4.78, 5) is 0. The monoisotopic (exact) mass is 172 g/mol. The summed E-state index contributed by atoms with van der Waals surface area (Å²) >= 11 is 6.05. The van der Waals surface area contributed by atoms with Gasteiger partial charge in [-0.05, 0) is 42.4 Å². The molecule has 2 unspecified atom stereocenters. The maximum absolute atomic E-state index is 6.05. The molecule has 0 heterocycles. The topological polar surface area (TPSA) is 0 Å². The second kappa shape index (κ2) is 2.39. The minimum absolute atomic E-state index is 0.523. The standard InChI is InChI=1S/C10H17Cl/c1-7(2)10(6-11)4-8-3-9(8)5-10/h7-9H,3-6H2,1-2H3. The lowest BCUT2D eigenvalue weighted by Crippen LogP contribution is -2.27. The van der Waals surface area contributed by atoms with Gasteiger partial charge in [-0.1, -0.05) is 13.8 Å². The molecule has 1 heteroatoms. The smallest absolute Gasteiger partial charge is 0.0282 e. The molecule has 0 aromatic rings. The molecule has 0 nitrogen and oxygen atoms in total. The van der Waals surface area contributed by atoms with Gasteiger partial charge in [0.25, 0.3) is 0 Å². The van der Waals surface area contributed by atoms with E-state index < -0.39 is 0 Å². The van der Waals surface area contributed by atoms with E-state index in [4.69, 9.17) is 11.6 Å². The Hall–Kier alpha value is 0.290. The molecule has 0 spiro atoms. The van der Waals surface area contributed by atoms with Crippen LogP contribution in [-0.2, 0) is 0 Å². The van der Waals surface area contributed by atoms with Gasteiger partial charge in [-0.3, -0.25) is 0 Å². The summed E-state index contributed by atoms with van der Waals surface area (Å²) in [5.74, 6) is 3.80. The molecule has 2 aliphatic carbocycles. The van der Waals surface area contributed by atoms with E-state index in [1.54, 1.807) is 0 Å². The first kappa shape index (κ1) is 7.91. The number of rotatable bonds is 2. The number of hydrogen-bond donors (Lipinski definition) is 0. The van der Waals surface area contributed by atoms with Crippen molar-refractivity contribution in [2.24, 2.45) is 23.2 Å². The summed E-state index contributed by atoms with van der Waals surface area (Å²) in [5, 5.41) is 0. The SMILES string of the molecule is CC(C)C1(CCl)CC2CC2C1. The van der Waals surface area contributed by atoms with Crippen LogP contribution in [0.25, 0.3) is 0 Å². The summed E-state index contributed by atoms with van der Waals surface area (Å²) < 4.78 is 0. The molecular weight excluding hydrogens is 156 g/mol. The van der Waals surface area contributed by atoms with E-state index in [1.807, 2.05) is 0 Å². The van der Waals surface area contributed by atoms with Crippen LogP contribution in [0.5, 0.6) is 0 Å². The predicted octanol–water partition coefficient (Wildman–Crippen LogP) is 3.30. The van der Waals surface area contributed by atoms with E-state index in [1.165, 1.54) is 19.3 Å². The van der Waals surface area contributed by atoms with Crippen LogP contribution < -0.4 is 0 Å². The van der Waals surface area contributed by atoms with Gasteiger partial charge in [0.2, 0.25) is 0 Å². The number of fused-ring (bicyclic) bond motifs is 1. The van der Waals surface area contributed by atoms with E-state index in [0.29, 0.717) is 5.41 Å². The minimum Gasteiger partial charge on any atom is -0.126 e. The molecule has 0 aromatic carbocycles. The van der Waals surface area contributed by atoms with Crippen molar-refractivity contribution in [2.45, 2.75) is 33.1 Å². The van der Waals surface area contributed by atoms with Crippen molar-refractivity contribution in [1.82, 2.24) is 0 Å². The molecule has 11 heavy (non-hydrogen) atoms. The van der Waals surface area contributed by atoms with E-state index in [9.17, 15) is 0 Å². The van der Waals surface area contributed by atoms with E-state index >= 15 is 0 Å². The zero-order chi connectivity index (χ0) is 8.06. The third kappa shape index (κ3) is 1.11. The second-order valence-corrected chi connectivity index (χ2v) is 5.08. The van der Waals surface area contributed by atoms with Gasteiger partial charge in [0.05, 0.1) is 0 Å². The van der Waals surface area contributed by atoms with E-state index in [0.717, 1.165) is 23.6 Å². The van der Waals surface area contributed by atoms with Crippen LogP contribution in [0.15, 0.2) is 0 Å². The molecule has 0 aromatic heterocycles. The molecule has 2 atom stereocenters. The molecule has 2 rings (SSSR count). The van der Waals surface area contributed by atoms with Crippen LogP contribution in [0.2, 0.25) is 0 Å². The molecule has 2 saturated carbocycles. The third-order valence-electron chi connectivity index (χ3n) is 3.90. The number of hydrogen-bond acceptors (Lipinski definition) is 0. The molecular formula is C10H17Cl. The largest absolute Gasteiger partial charge is 0.126 e. The average Bonchev–Trinajstić information content (AvgIpc) is 2.59. The first-order chi connectivity index (χ1) is 5.18. The Morgan fingerprint density at radius 1 is 1.36 bits per heavy atom. The molecule has 0 N–H and O–H groups in total. The molecule has 0 aliphatic heterocycles. The summed E-state index contributed by atoms with van der Waals surface area (Å²) in [7, 11) is 0. The lowest BCUT2D eigenvalue weighted by molar-refractivity contribution is 0.207. The van der Waals surface area contributed by atoms with Crippen molar-refractivity contribution >= 4 is 11.6 Å². The Bertz CT molecular complexity index is 152. The Balaban J connectivity index is 2.07. The van der Waals surface area contributed by atoms with Crippen molar-refractivity contribution in [3.63, 3.8) is 0 Å². The number of halogens is 1. The third-order valence-corrected chi connectivity index (χ3v) is 4.43. The summed E-state index contributed by atoms with van der Waals surface area (Å²) in [6.45, 7) is 4.65. The van der Waals surface area contributed by atoms with Crippen molar-refractivity contribution in [2.75, 3.05) is 5.88 Å². The molecule has 0 amide bonds. The highest BCUT2D eigenvalue weighted by molar-refractivity contribution is 6.18. The Morgan fingerprint density at radius 2 is 1.91 bits per heavy atom. The fraction of sp³-hybridized carbons (Fsp3) is 1.00. The average molecular weight is 173 g/mol. The van der Waals surface area contributed by atoms with Crippen LogP contribution in [0.3, 0.4) is 0 Å². The first-order valence-corrected chi connectivity index (χ1v) is 5.27. The zero-order valence-corrected chi connectivity index (χ0v) is 8.19. The second-order valence-electron chi connectivity index (χ2n) is 4.81. The molecule has 0 bridgehead atoms. The van der Waals surface area contributed by atoms with Crippen LogP contribution in [0, 0.1) is 23.2 Å². The van der Waals surface area contributed by atoms with Crippen molar-refractivity contribution < 1.29 is 0 Å². The van der Waals surface area contributed by atoms with Crippen molar-refractivity contribution in [3.05, 3.63) is 0 Å². The van der Waals surface area contributed by atoms with Gasteiger partial charge in [0.1, 0.15) is 0 Å². The van der Waals surface area contributed by atoms with Gasteiger partial charge in [-0.15, -0.1) is 11.6 Å². The molecule has 2 aliphatic rings. The highest BCUT2D eigenvalue weighted by atomic mass is 35.5. The van der Waals surface area contributed by atoms with Gasteiger partial charge in [0, 0.05) is 5.88 Å². The fourth-order valence-corrected chi connectivity index (χ4v) is 3.20. The van der Waals surface area contributed by atoms with Crippen LogP contribution in [-0.4, -0.2) is 5.88 Å². The quantitative estimate of drug-likeness (QED) is 0.561. The number of alkyl halides is 1. The highest BCUT2D eigenvalue weighted by Crippen LogP contribution is 2.62. The van der Waals surface area contributed by atoms with Gasteiger partial charge >= 0.3 is 0 Å². The lowest BCUT2D eigenvalue weighted by atomic mass is 9.75. The maximum atomic E-state index is 6.05. The van der Waals surface area contributed by atoms with E-state index in [2.05, 4.69) is 13.8 Å². The maximum Gasteiger partial charge on any atom is 0.0282 e. The van der Waals surface area contributed by atoms with Crippen LogP contribution >= 0.6 is 11.6 Å². The Kier molecular flexibility index (Phi) is 1.72.